The van der Waals surface area contributed by atoms with Crippen molar-refractivity contribution < 1.29 is 24.4 Å². The molecular weight excluding hydrogens is 441 g/mol. The van der Waals surface area contributed by atoms with E-state index in [9.17, 15) is 19.7 Å². The Labute approximate surface area is 187 Å². The van der Waals surface area contributed by atoms with Gasteiger partial charge >= 0.3 is 0 Å². The van der Waals surface area contributed by atoms with Crippen molar-refractivity contribution in [3.63, 3.8) is 0 Å². The Morgan fingerprint density at radius 3 is 2.78 bits per heavy atom. The lowest BCUT2D eigenvalue weighted by molar-refractivity contribution is -0.0511. The molecule has 32 heavy (non-hydrogen) atoms. The molecule has 1 spiro atoms. The van der Waals surface area contributed by atoms with Crippen LogP contribution >= 0.6 is 11.6 Å². The molecule has 2 saturated heterocycles. The lowest BCUT2D eigenvalue weighted by atomic mass is 9.74. The number of imidazole rings is 1. The number of anilines is 1. The maximum absolute atomic E-state index is 13.9. The molecule has 3 aliphatic rings. The first-order valence-electron chi connectivity index (χ1n) is 10.5. The van der Waals surface area contributed by atoms with Crippen LogP contribution in [0.1, 0.15) is 23.8 Å². The van der Waals surface area contributed by atoms with Gasteiger partial charge in [0.15, 0.2) is 23.2 Å². The summed E-state index contributed by atoms with van der Waals surface area (Å²) in [5.74, 6) is 0.328. The predicted molar refractivity (Wildman–Crippen MR) is 112 cm³/mol. The first-order valence-corrected chi connectivity index (χ1v) is 10.8. The summed E-state index contributed by atoms with van der Waals surface area (Å²) >= 11 is 6.23. The van der Waals surface area contributed by atoms with Crippen molar-refractivity contribution >= 4 is 28.6 Å². The molecule has 1 aliphatic carbocycles. The van der Waals surface area contributed by atoms with Crippen molar-refractivity contribution in [3.8, 4) is 0 Å². The minimum absolute atomic E-state index is 0.0137. The first kappa shape index (κ1) is 20.3. The number of aliphatic hydroxyl groups is 3. The standard InChI is InChI=1S/C21H21ClFN5O4/c22-20-25-17(27-7-21(8-27)4-3-10-1-2-11(23)5-12(10)21)14-18(26-20)28(9-24-14)19-16(31)15(30)13(6-29)32-19/h1-2,5,9,13,15-16,19,29-31H,3-4,6-8H2/t13-,15?,16?,19-/m1/s1. The van der Waals surface area contributed by atoms with E-state index in [0.29, 0.717) is 30.1 Å². The van der Waals surface area contributed by atoms with Gasteiger partial charge in [-0.1, -0.05) is 6.07 Å². The number of hydrogen-bond acceptors (Lipinski definition) is 8. The molecule has 2 aromatic heterocycles. The topological polar surface area (TPSA) is 117 Å². The molecular formula is C21H21ClFN5O4. The molecule has 1 aromatic carbocycles. The minimum Gasteiger partial charge on any atom is -0.394 e. The summed E-state index contributed by atoms with van der Waals surface area (Å²) in [7, 11) is 0. The van der Waals surface area contributed by atoms with Crippen molar-refractivity contribution in [3.05, 3.63) is 46.8 Å². The van der Waals surface area contributed by atoms with Crippen LogP contribution in [0.25, 0.3) is 11.2 Å². The number of ether oxygens (including phenoxy) is 1. The molecule has 0 bridgehead atoms. The van der Waals surface area contributed by atoms with Crippen LogP contribution in [0, 0.1) is 5.82 Å². The molecule has 2 fully saturated rings. The molecule has 0 amide bonds. The van der Waals surface area contributed by atoms with Crippen molar-refractivity contribution in [2.75, 3.05) is 24.6 Å². The molecule has 11 heteroatoms. The van der Waals surface area contributed by atoms with Gasteiger partial charge in [-0.15, -0.1) is 0 Å². The van der Waals surface area contributed by atoms with Gasteiger partial charge in [0, 0.05) is 18.5 Å². The zero-order valence-corrected chi connectivity index (χ0v) is 17.7. The third kappa shape index (κ3) is 2.80. The Morgan fingerprint density at radius 2 is 2.03 bits per heavy atom. The molecule has 0 saturated carbocycles. The summed E-state index contributed by atoms with van der Waals surface area (Å²) in [5, 5.41) is 29.9. The molecule has 9 nitrogen and oxygen atoms in total. The first-order chi connectivity index (χ1) is 15.4. The fraction of sp³-hybridized carbons (Fsp3) is 0.476. The van der Waals surface area contributed by atoms with E-state index < -0.39 is 31.1 Å². The summed E-state index contributed by atoms with van der Waals surface area (Å²) in [6.45, 7) is 0.888. The van der Waals surface area contributed by atoms with Gasteiger partial charge in [0.05, 0.1) is 12.9 Å². The van der Waals surface area contributed by atoms with Crippen LogP contribution in [0.4, 0.5) is 10.2 Å². The summed E-state index contributed by atoms with van der Waals surface area (Å²) in [6.07, 6.45) is -1.07. The zero-order chi connectivity index (χ0) is 22.2. The Morgan fingerprint density at radius 1 is 1.22 bits per heavy atom. The number of aliphatic hydroxyl groups excluding tert-OH is 3. The molecule has 4 atom stereocenters. The Balaban J connectivity index is 1.34. The van der Waals surface area contributed by atoms with Gasteiger partial charge in [-0.05, 0) is 47.7 Å². The van der Waals surface area contributed by atoms with E-state index >= 15 is 0 Å². The van der Waals surface area contributed by atoms with Gasteiger partial charge in [-0.2, -0.15) is 9.97 Å². The third-order valence-corrected chi connectivity index (χ3v) is 7.14. The second-order valence-electron chi connectivity index (χ2n) is 8.81. The molecule has 2 aliphatic heterocycles. The number of halogens is 2. The van der Waals surface area contributed by atoms with E-state index in [2.05, 4.69) is 15.0 Å². The summed E-state index contributed by atoms with van der Waals surface area (Å²) in [4.78, 5) is 15.1. The van der Waals surface area contributed by atoms with Gasteiger partial charge in [-0.3, -0.25) is 4.57 Å². The van der Waals surface area contributed by atoms with Crippen LogP contribution in [0.5, 0.6) is 0 Å². The quantitative estimate of drug-likeness (QED) is 0.493. The monoisotopic (exact) mass is 461 g/mol. The number of rotatable bonds is 3. The average Bonchev–Trinajstić information content (AvgIpc) is 3.41. The molecule has 0 radical (unpaired) electrons. The highest BCUT2D eigenvalue weighted by Crippen LogP contribution is 2.48. The van der Waals surface area contributed by atoms with Crippen LogP contribution < -0.4 is 4.90 Å². The lowest BCUT2D eigenvalue weighted by Gasteiger charge is -2.49. The minimum atomic E-state index is -1.26. The SMILES string of the molecule is OC[C@H]1O[C@@H](n2cnc3c(N4CC5(CCc6ccc(F)cc65)C4)nc(Cl)nc32)C(O)C1O. The van der Waals surface area contributed by atoms with E-state index in [-0.39, 0.29) is 16.5 Å². The maximum Gasteiger partial charge on any atom is 0.226 e. The number of aromatic nitrogens is 4. The molecule has 168 valence electrons. The third-order valence-electron chi connectivity index (χ3n) is 6.97. The van der Waals surface area contributed by atoms with Crippen LogP contribution in [-0.2, 0) is 16.6 Å². The smallest absolute Gasteiger partial charge is 0.226 e. The van der Waals surface area contributed by atoms with E-state index in [4.69, 9.17) is 16.3 Å². The van der Waals surface area contributed by atoms with Crippen molar-refractivity contribution in [2.24, 2.45) is 0 Å². The Hall–Kier alpha value is -2.37. The highest BCUT2D eigenvalue weighted by molar-refractivity contribution is 6.28. The van der Waals surface area contributed by atoms with E-state index in [1.54, 1.807) is 6.07 Å². The summed E-state index contributed by atoms with van der Waals surface area (Å²) in [6, 6.07) is 5.01. The van der Waals surface area contributed by atoms with Crippen molar-refractivity contribution in [1.82, 2.24) is 19.5 Å². The fourth-order valence-corrected chi connectivity index (χ4v) is 5.48. The van der Waals surface area contributed by atoms with Crippen LogP contribution in [-0.4, -0.2) is 72.8 Å². The summed E-state index contributed by atoms with van der Waals surface area (Å²) in [5.41, 5.74) is 2.97. The van der Waals surface area contributed by atoms with Gasteiger partial charge in [0.1, 0.15) is 24.1 Å². The predicted octanol–water partition coefficient (Wildman–Crippen LogP) is 0.935. The average molecular weight is 462 g/mol. The van der Waals surface area contributed by atoms with E-state index in [0.717, 1.165) is 18.4 Å². The molecule has 4 heterocycles. The largest absolute Gasteiger partial charge is 0.394 e. The molecule has 6 rings (SSSR count). The number of hydrogen-bond donors (Lipinski definition) is 3. The second-order valence-corrected chi connectivity index (χ2v) is 9.15. The number of benzene rings is 1. The highest BCUT2D eigenvalue weighted by Gasteiger charge is 2.50. The van der Waals surface area contributed by atoms with Crippen LogP contribution in [0.2, 0.25) is 5.28 Å². The van der Waals surface area contributed by atoms with Crippen molar-refractivity contribution in [1.29, 1.82) is 0 Å². The Bertz CT molecular complexity index is 1220. The normalized spacial score (nSPS) is 28.5. The molecule has 2 unspecified atom stereocenters. The van der Waals surface area contributed by atoms with Gasteiger partial charge in [0.2, 0.25) is 5.28 Å². The summed E-state index contributed by atoms with van der Waals surface area (Å²) < 4.78 is 21.0. The van der Waals surface area contributed by atoms with Gasteiger partial charge in [-0.25, -0.2) is 9.37 Å². The number of fused-ring (bicyclic) bond motifs is 3. The zero-order valence-electron chi connectivity index (χ0n) is 16.9. The van der Waals surface area contributed by atoms with Crippen LogP contribution in [0.3, 0.4) is 0 Å². The maximum atomic E-state index is 13.9. The Kier molecular flexibility index (Phi) is 4.47. The fourth-order valence-electron chi connectivity index (χ4n) is 5.32. The lowest BCUT2D eigenvalue weighted by Crippen LogP contribution is -2.58. The molecule has 3 N–H and O–H groups in total. The van der Waals surface area contributed by atoms with Crippen molar-refractivity contribution in [2.45, 2.75) is 42.8 Å². The number of nitrogens with zero attached hydrogens (tertiary/aromatic N) is 5. The van der Waals surface area contributed by atoms with Crippen LogP contribution in [0.15, 0.2) is 24.5 Å². The van der Waals surface area contributed by atoms with Gasteiger partial charge < -0.3 is 25.0 Å². The molecule has 3 aromatic rings. The van der Waals surface area contributed by atoms with Gasteiger partial charge in [0.25, 0.3) is 0 Å². The number of aryl methyl sites for hydroxylation is 1. The highest BCUT2D eigenvalue weighted by atomic mass is 35.5. The van der Waals surface area contributed by atoms with E-state index in [1.165, 1.54) is 22.5 Å². The van der Waals surface area contributed by atoms with E-state index in [1.807, 2.05) is 11.0 Å². The second kappa shape index (κ2) is 7.06.